The number of nitrogens with one attached hydrogen (secondary N) is 1. The van der Waals surface area contributed by atoms with Crippen molar-refractivity contribution in [1.82, 2.24) is 10.3 Å². The van der Waals surface area contributed by atoms with Crippen molar-refractivity contribution >= 4 is 5.78 Å². The molecule has 0 amide bonds. The van der Waals surface area contributed by atoms with Gasteiger partial charge in [-0.15, -0.1) is 0 Å². The lowest BCUT2D eigenvalue weighted by Crippen LogP contribution is -2.50. The molecule has 2 fully saturated rings. The van der Waals surface area contributed by atoms with E-state index in [2.05, 4.69) is 10.3 Å². The minimum absolute atomic E-state index is 0.154. The van der Waals surface area contributed by atoms with E-state index in [1.165, 1.54) is 19.3 Å². The molecule has 20 heavy (non-hydrogen) atoms. The molecule has 1 aromatic rings. The van der Waals surface area contributed by atoms with E-state index in [0.717, 1.165) is 24.0 Å². The van der Waals surface area contributed by atoms with E-state index < -0.39 is 0 Å². The molecule has 0 aliphatic carbocycles. The molecule has 2 aliphatic heterocycles. The number of piperidine rings is 2. The van der Waals surface area contributed by atoms with Crippen LogP contribution in [0.25, 0.3) is 0 Å². The summed E-state index contributed by atoms with van der Waals surface area (Å²) in [6, 6.07) is 2.97. The highest BCUT2D eigenvalue weighted by Gasteiger charge is 2.35. The van der Waals surface area contributed by atoms with Gasteiger partial charge >= 0.3 is 0 Å². The molecular formula is C16H22N2O2. The van der Waals surface area contributed by atoms with Crippen LogP contribution in [0.3, 0.4) is 0 Å². The molecule has 0 saturated carbocycles. The number of fused-ring (bicyclic) bond motifs is 2. The molecule has 3 heterocycles. The third kappa shape index (κ3) is 2.57. The molecule has 0 spiro atoms. The van der Waals surface area contributed by atoms with Crippen molar-refractivity contribution in [2.75, 3.05) is 7.11 Å². The summed E-state index contributed by atoms with van der Waals surface area (Å²) in [6.07, 6.45) is 7.32. The maximum atomic E-state index is 12.7. The number of ether oxygens (including phenoxy) is 1. The standard InChI is InChI=1S/C16H22N2O2/c1-10-6-12(9-17-16(10)20-2)15(19)11-7-13-4-3-5-14(8-11)18-13/h6,9,11,13-14,18H,3-5,7-8H2,1-2H3. The number of hydrogen-bond acceptors (Lipinski definition) is 4. The van der Waals surface area contributed by atoms with Gasteiger partial charge in [-0.25, -0.2) is 4.98 Å². The third-order valence-corrected chi connectivity index (χ3v) is 4.59. The Balaban J connectivity index is 1.77. The van der Waals surface area contributed by atoms with Gasteiger partial charge in [0.15, 0.2) is 5.78 Å². The molecule has 4 heteroatoms. The molecule has 2 saturated heterocycles. The molecular weight excluding hydrogens is 252 g/mol. The van der Waals surface area contributed by atoms with Gasteiger partial charge in [-0.3, -0.25) is 4.79 Å². The van der Waals surface area contributed by atoms with E-state index in [1.54, 1.807) is 13.3 Å². The normalized spacial score (nSPS) is 29.0. The molecule has 0 radical (unpaired) electrons. The summed E-state index contributed by atoms with van der Waals surface area (Å²) in [6.45, 7) is 1.93. The van der Waals surface area contributed by atoms with Gasteiger partial charge in [-0.05, 0) is 38.7 Å². The Morgan fingerprint density at radius 1 is 1.35 bits per heavy atom. The van der Waals surface area contributed by atoms with Gasteiger partial charge in [0.2, 0.25) is 5.88 Å². The summed E-state index contributed by atoms with van der Waals surface area (Å²) in [4.78, 5) is 16.9. The number of carbonyl (C=O) groups excluding carboxylic acids is 1. The summed E-state index contributed by atoms with van der Waals surface area (Å²) in [5, 5.41) is 3.63. The first kappa shape index (κ1) is 13.6. The second-order valence-electron chi connectivity index (χ2n) is 6.07. The topological polar surface area (TPSA) is 51.2 Å². The van der Waals surface area contributed by atoms with Crippen molar-refractivity contribution in [2.45, 2.75) is 51.1 Å². The van der Waals surface area contributed by atoms with Gasteiger partial charge in [0.1, 0.15) is 0 Å². The first-order chi connectivity index (χ1) is 9.67. The molecule has 0 aromatic carbocycles. The molecule has 3 rings (SSSR count). The van der Waals surface area contributed by atoms with Crippen LogP contribution >= 0.6 is 0 Å². The number of hydrogen-bond donors (Lipinski definition) is 1. The van der Waals surface area contributed by atoms with Gasteiger partial charge in [0, 0.05) is 35.3 Å². The van der Waals surface area contributed by atoms with Crippen LogP contribution in [0.2, 0.25) is 0 Å². The minimum atomic E-state index is 0.154. The average Bonchev–Trinajstić information content (AvgIpc) is 2.46. The number of aryl methyl sites for hydroxylation is 1. The molecule has 2 bridgehead atoms. The Labute approximate surface area is 119 Å². The van der Waals surface area contributed by atoms with Crippen LogP contribution in [-0.2, 0) is 0 Å². The van der Waals surface area contributed by atoms with Crippen molar-refractivity contribution in [3.63, 3.8) is 0 Å². The Bertz CT molecular complexity index is 503. The van der Waals surface area contributed by atoms with E-state index in [1.807, 2.05) is 13.0 Å². The Hall–Kier alpha value is -1.42. The number of rotatable bonds is 3. The lowest BCUT2D eigenvalue weighted by Gasteiger charge is -2.39. The van der Waals surface area contributed by atoms with E-state index in [0.29, 0.717) is 18.0 Å². The first-order valence-corrected chi connectivity index (χ1v) is 7.48. The highest BCUT2D eigenvalue weighted by Crippen LogP contribution is 2.32. The van der Waals surface area contributed by atoms with E-state index >= 15 is 0 Å². The lowest BCUT2D eigenvalue weighted by atomic mass is 9.77. The third-order valence-electron chi connectivity index (χ3n) is 4.59. The Morgan fingerprint density at radius 3 is 2.65 bits per heavy atom. The fraction of sp³-hybridized carbons (Fsp3) is 0.625. The smallest absolute Gasteiger partial charge is 0.215 e. The lowest BCUT2D eigenvalue weighted by molar-refractivity contribution is 0.0824. The number of pyridine rings is 1. The summed E-state index contributed by atoms with van der Waals surface area (Å²) < 4.78 is 5.15. The summed E-state index contributed by atoms with van der Waals surface area (Å²) in [7, 11) is 1.60. The minimum Gasteiger partial charge on any atom is -0.481 e. The van der Waals surface area contributed by atoms with Crippen LogP contribution in [0, 0.1) is 12.8 Å². The zero-order chi connectivity index (χ0) is 14.1. The molecule has 1 aromatic heterocycles. The zero-order valence-corrected chi connectivity index (χ0v) is 12.2. The fourth-order valence-corrected chi connectivity index (χ4v) is 3.63. The van der Waals surface area contributed by atoms with Crippen LogP contribution in [0.15, 0.2) is 12.3 Å². The second-order valence-corrected chi connectivity index (χ2v) is 6.07. The van der Waals surface area contributed by atoms with Gasteiger partial charge in [-0.2, -0.15) is 0 Å². The molecule has 2 unspecified atom stereocenters. The Morgan fingerprint density at radius 2 is 2.05 bits per heavy atom. The monoisotopic (exact) mass is 274 g/mol. The SMILES string of the molecule is COc1ncc(C(=O)C2CC3CCCC(C2)N3)cc1C. The number of methoxy groups -OCH3 is 1. The maximum absolute atomic E-state index is 12.7. The molecule has 2 atom stereocenters. The number of nitrogens with zero attached hydrogens (tertiary/aromatic N) is 1. The molecule has 4 nitrogen and oxygen atoms in total. The Kier molecular flexibility index (Phi) is 3.74. The molecule has 2 aliphatic rings. The quantitative estimate of drug-likeness (QED) is 0.860. The number of ketones is 1. The van der Waals surface area contributed by atoms with Crippen molar-refractivity contribution in [2.24, 2.45) is 5.92 Å². The number of carbonyl (C=O) groups is 1. The highest BCUT2D eigenvalue weighted by atomic mass is 16.5. The maximum Gasteiger partial charge on any atom is 0.215 e. The second kappa shape index (κ2) is 5.52. The first-order valence-electron chi connectivity index (χ1n) is 7.48. The van der Waals surface area contributed by atoms with Crippen LogP contribution in [0.1, 0.15) is 48.0 Å². The molecule has 108 valence electrons. The number of Topliss-reactive ketones (excluding diaryl/α,β-unsaturated/α-hetero) is 1. The summed E-state index contributed by atoms with van der Waals surface area (Å²) in [5.41, 5.74) is 1.65. The van der Waals surface area contributed by atoms with Crippen LogP contribution in [-0.4, -0.2) is 30.0 Å². The van der Waals surface area contributed by atoms with Crippen LogP contribution in [0.5, 0.6) is 5.88 Å². The van der Waals surface area contributed by atoms with Gasteiger partial charge in [0.25, 0.3) is 0 Å². The van der Waals surface area contributed by atoms with E-state index in [9.17, 15) is 4.79 Å². The predicted octanol–water partition coefficient (Wildman–Crippen LogP) is 2.50. The van der Waals surface area contributed by atoms with Crippen molar-refractivity contribution < 1.29 is 9.53 Å². The zero-order valence-electron chi connectivity index (χ0n) is 12.2. The average molecular weight is 274 g/mol. The van der Waals surface area contributed by atoms with Crippen LogP contribution in [0.4, 0.5) is 0 Å². The van der Waals surface area contributed by atoms with Crippen LogP contribution < -0.4 is 10.1 Å². The van der Waals surface area contributed by atoms with Gasteiger partial charge < -0.3 is 10.1 Å². The van der Waals surface area contributed by atoms with Gasteiger partial charge in [0.05, 0.1) is 7.11 Å². The van der Waals surface area contributed by atoms with Crippen molar-refractivity contribution in [3.05, 3.63) is 23.4 Å². The largest absolute Gasteiger partial charge is 0.481 e. The van der Waals surface area contributed by atoms with E-state index in [-0.39, 0.29) is 11.7 Å². The van der Waals surface area contributed by atoms with Gasteiger partial charge in [-0.1, -0.05) is 6.42 Å². The van der Waals surface area contributed by atoms with Crippen molar-refractivity contribution in [1.29, 1.82) is 0 Å². The predicted molar refractivity (Wildman–Crippen MR) is 77.1 cm³/mol. The molecule has 1 N–H and O–H groups in total. The highest BCUT2D eigenvalue weighted by molar-refractivity contribution is 5.98. The summed E-state index contributed by atoms with van der Waals surface area (Å²) in [5.74, 6) is 1.01. The summed E-state index contributed by atoms with van der Waals surface area (Å²) >= 11 is 0. The van der Waals surface area contributed by atoms with Crippen molar-refractivity contribution in [3.8, 4) is 5.88 Å². The van der Waals surface area contributed by atoms with E-state index in [4.69, 9.17) is 4.74 Å². The fourth-order valence-electron chi connectivity index (χ4n) is 3.63. The number of aromatic nitrogens is 1.